The lowest BCUT2D eigenvalue weighted by Gasteiger charge is -2.35. The molecule has 1 aromatic heterocycles. The Kier molecular flexibility index (Phi) is 6.28. The summed E-state index contributed by atoms with van der Waals surface area (Å²) in [6, 6.07) is 10.1. The summed E-state index contributed by atoms with van der Waals surface area (Å²) in [7, 11) is 0. The molecule has 0 unspecified atom stereocenters. The molecule has 2 aromatic rings. The SMILES string of the molecule is Cc1cc(N2CCN(C(=O)/C=C/c3ccccc3C)CC2)nc(N2CCOCC2)n1. The Morgan fingerprint density at radius 3 is 2.43 bits per heavy atom. The van der Waals surface area contributed by atoms with Crippen LogP contribution in [0, 0.1) is 13.8 Å². The Hall–Kier alpha value is -2.93. The van der Waals surface area contributed by atoms with Gasteiger partial charge in [0.25, 0.3) is 0 Å². The van der Waals surface area contributed by atoms with E-state index in [1.165, 1.54) is 5.56 Å². The molecule has 0 spiro atoms. The van der Waals surface area contributed by atoms with Gasteiger partial charge in [0.1, 0.15) is 5.82 Å². The van der Waals surface area contributed by atoms with Gasteiger partial charge in [-0.25, -0.2) is 4.98 Å². The molecule has 1 amide bonds. The Morgan fingerprint density at radius 2 is 1.70 bits per heavy atom. The van der Waals surface area contributed by atoms with Crippen molar-refractivity contribution < 1.29 is 9.53 Å². The molecule has 2 saturated heterocycles. The zero-order valence-electron chi connectivity index (χ0n) is 17.8. The minimum absolute atomic E-state index is 0.0609. The third kappa shape index (κ3) is 4.79. The van der Waals surface area contributed by atoms with Gasteiger partial charge in [0, 0.05) is 57.1 Å². The van der Waals surface area contributed by atoms with Crippen LogP contribution in [0.2, 0.25) is 0 Å². The standard InChI is InChI=1S/C23H29N5O2/c1-18-5-3-4-6-20(18)7-8-22(29)27-11-9-26(10-12-27)21-17-19(2)24-23(25-21)28-13-15-30-16-14-28/h3-8,17H,9-16H2,1-2H3/b8-7+. The van der Waals surface area contributed by atoms with Crippen molar-refractivity contribution in [2.24, 2.45) is 0 Å². The molecule has 30 heavy (non-hydrogen) atoms. The molecular formula is C23H29N5O2. The van der Waals surface area contributed by atoms with Crippen molar-refractivity contribution in [1.82, 2.24) is 14.9 Å². The molecule has 4 rings (SSSR count). The highest BCUT2D eigenvalue weighted by molar-refractivity contribution is 5.92. The number of morpholine rings is 1. The fourth-order valence-corrected chi connectivity index (χ4v) is 3.80. The molecule has 0 aliphatic carbocycles. The van der Waals surface area contributed by atoms with Crippen LogP contribution in [-0.4, -0.2) is 73.3 Å². The van der Waals surface area contributed by atoms with E-state index in [9.17, 15) is 4.79 Å². The number of hydrogen-bond acceptors (Lipinski definition) is 6. The first-order chi connectivity index (χ1) is 14.6. The number of carbonyl (C=O) groups excluding carboxylic acids is 1. The average molecular weight is 408 g/mol. The zero-order chi connectivity index (χ0) is 20.9. The molecule has 0 bridgehead atoms. The molecular weight excluding hydrogens is 378 g/mol. The predicted molar refractivity (Wildman–Crippen MR) is 119 cm³/mol. The number of nitrogens with zero attached hydrogens (tertiary/aromatic N) is 5. The topological polar surface area (TPSA) is 61.8 Å². The van der Waals surface area contributed by atoms with Gasteiger partial charge < -0.3 is 19.4 Å². The summed E-state index contributed by atoms with van der Waals surface area (Å²) in [6.45, 7) is 10.0. The molecule has 0 saturated carbocycles. The maximum atomic E-state index is 12.6. The van der Waals surface area contributed by atoms with Crippen molar-refractivity contribution in [2.75, 3.05) is 62.3 Å². The predicted octanol–water partition coefficient (Wildman–Crippen LogP) is 2.29. The Balaban J connectivity index is 1.38. The number of amides is 1. The van der Waals surface area contributed by atoms with Crippen molar-refractivity contribution in [3.05, 3.63) is 53.2 Å². The fraction of sp³-hybridized carbons (Fsp3) is 0.435. The second kappa shape index (κ2) is 9.26. The molecule has 1 aromatic carbocycles. The number of ether oxygens (including phenoxy) is 1. The van der Waals surface area contributed by atoms with Crippen molar-refractivity contribution in [2.45, 2.75) is 13.8 Å². The Morgan fingerprint density at radius 1 is 0.967 bits per heavy atom. The maximum Gasteiger partial charge on any atom is 0.246 e. The summed E-state index contributed by atoms with van der Waals surface area (Å²) < 4.78 is 5.44. The molecule has 2 fully saturated rings. The van der Waals surface area contributed by atoms with Crippen LogP contribution in [-0.2, 0) is 9.53 Å². The van der Waals surface area contributed by atoms with Crippen LogP contribution in [0.1, 0.15) is 16.8 Å². The molecule has 7 nitrogen and oxygen atoms in total. The summed E-state index contributed by atoms with van der Waals surface area (Å²) in [5.74, 6) is 1.77. The number of hydrogen-bond donors (Lipinski definition) is 0. The first kappa shape index (κ1) is 20.3. The normalized spacial score (nSPS) is 17.6. The number of piperazine rings is 1. The lowest BCUT2D eigenvalue weighted by Crippen LogP contribution is -2.48. The molecule has 158 valence electrons. The van der Waals surface area contributed by atoms with Crippen LogP contribution >= 0.6 is 0 Å². The minimum atomic E-state index is 0.0609. The van der Waals surface area contributed by atoms with Crippen LogP contribution in [0.5, 0.6) is 0 Å². The Labute approximate surface area is 178 Å². The number of aryl methyl sites for hydroxylation is 2. The fourth-order valence-electron chi connectivity index (χ4n) is 3.80. The molecule has 7 heteroatoms. The summed E-state index contributed by atoms with van der Waals surface area (Å²) in [5.41, 5.74) is 3.21. The monoisotopic (exact) mass is 407 g/mol. The largest absolute Gasteiger partial charge is 0.378 e. The first-order valence-electron chi connectivity index (χ1n) is 10.6. The van der Waals surface area contributed by atoms with E-state index in [0.29, 0.717) is 26.3 Å². The van der Waals surface area contributed by atoms with E-state index < -0.39 is 0 Å². The third-order valence-corrected chi connectivity index (χ3v) is 5.63. The molecule has 0 N–H and O–H groups in total. The highest BCUT2D eigenvalue weighted by atomic mass is 16.5. The number of anilines is 2. The summed E-state index contributed by atoms with van der Waals surface area (Å²) in [4.78, 5) is 28.4. The van der Waals surface area contributed by atoms with Crippen LogP contribution in [0.25, 0.3) is 6.08 Å². The van der Waals surface area contributed by atoms with Gasteiger partial charge in [0.05, 0.1) is 13.2 Å². The van der Waals surface area contributed by atoms with Gasteiger partial charge in [-0.2, -0.15) is 4.98 Å². The van der Waals surface area contributed by atoms with Gasteiger partial charge in [-0.15, -0.1) is 0 Å². The van der Waals surface area contributed by atoms with Crippen LogP contribution < -0.4 is 9.80 Å². The van der Waals surface area contributed by atoms with Gasteiger partial charge in [-0.05, 0) is 31.1 Å². The van der Waals surface area contributed by atoms with Gasteiger partial charge in [-0.3, -0.25) is 4.79 Å². The molecule has 0 atom stereocenters. The van der Waals surface area contributed by atoms with Gasteiger partial charge in [0.15, 0.2) is 0 Å². The van der Waals surface area contributed by atoms with Gasteiger partial charge >= 0.3 is 0 Å². The average Bonchev–Trinajstić information content (AvgIpc) is 2.78. The highest BCUT2D eigenvalue weighted by Gasteiger charge is 2.22. The second-order valence-electron chi connectivity index (χ2n) is 7.77. The van der Waals surface area contributed by atoms with E-state index in [1.807, 2.05) is 42.2 Å². The van der Waals surface area contributed by atoms with E-state index >= 15 is 0 Å². The molecule has 0 radical (unpaired) electrons. The smallest absolute Gasteiger partial charge is 0.246 e. The van der Waals surface area contributed by atoms with Crippen LogP contribution in [0.4, 0.5) is 11.8 Å². The van der Waals surface area contributed by atoms with E-state index in [-0.39, 0.29) is 5.91 Å². The van der Waals surface area contributed by atoms with E-state index in [0.717, 1.165) is 49.2 Å². The second-order valence-corrected chi connectivity index (χ2v) is 7.77. The zero-order valence-corrected chi connectivity index (χ0v) is 17.8. The number of carbonyl (C=O) groups is 1. The summed E-state index contributed by atoms with van der Waals surface area (Å²) >= 11 is 0. The number of benzene rings is 1. The quantitative estimate of drug-likeness (QED) is 0.725. The van der Waals surface area contributed by atoms with Crippen molar-refractivity contribution in [3.8, 4) is 0 Å². The van der Waals surface area contributed by atoms with Crippen molar-refractivity contribution in [3.63, 3.8) is 0 Å². The summed E-state index contributed by atoms with van der Waals surface area (Å²) in [5, 5.41) is 0. The Bertz CT molecular complexity index is 916. The third-order valence-electron chi connectivity index (χ3n) is 5.63. The molecule has 3 heterocycles. The molecule has 2 aliphatic heterocycles. The van der Waals surface area contributed by atoms with Crippen molar-refractivity contribution in [1.29, 1.82) is 0 Å². The van der Waals surface area contributed by atoms with E-state index in [1.54, 1.807) is 6.08 Å². The first-order valence-corrected chi connectivity index (χ1v) is 10.6. The van der Waals surface area contributed by atoms with E-state index in [2.05, 4.69) is 27.8 Å². The van der Waals surface area contributed by atoms with Crippen LogP contribution in [0.15, 0.2) is 36.4 Å². The molecule has 2 aliphatic rings. The number of rotatable bonds is 4. The van der Waals surface area contributed by atoms with Crippen LogP contribution in [0.3, 0.4) is 0 Å². The number of aromatic nitrogens is 2. The van der Waals surface area contributed by atoms with Gasteiger partial charge in [0.2, 0.25) is 11.9 Å². The van der Waals surface area contributed by atoms with Crippen molar-refractivity contribution >= 4 is 23.7 Å². The van der Waals surface area contributed by atoms with E-state index in [4.69, 9.17) is 9.72 Å². The lowest BCUT2D eigenvalue weighted by molar-refractivity contribution is -0.126. The maximum absolute atomic E-state index is 12.6. The minimum Gasteiger partial charge on any atom is -0.378 e. The van der Waals surface area contributed by atoms with Gasteiger partial charge in [-0.1, -0.05) is 24.3 Å². The summed E-state index contributed by atoms with van der Waals surface area (Å²) in [6.07, 6.45) is 3.59. The highest BCUT2D eigenvalue weighted by Crippen LogP contribution is 2.20. The lowest BCUT2D eigenvalue weighted by atomic mass is 10.1.